The van der Waals surface area contributed by atoms with Gasteiger partial charge in [-0.2, -0.15) is 0 Å². The monoisotopic (exact) mass is 997 g/mol. The van der Waals surface area contributed by atoms with Gasteiger partial charge in [-0.25, -0.2) is 0 Å². The van der Waals surface area contributed by atoms with Gasteiger partial charge in [-0.15, -0.1) is 0 Å². The van der Waals surface area contributed by atoms with E-state index in [-0.39, 0.29) is 59.8 Å². The zero-order chi connectivity index (χ0) is 51.6. The lowest BCUT2D eigenvalue weighted by atomic mass is 10.0. The Balaban J connectivity index is 0.812. The number of nitrogens with one attached hydrogen (secondary N) is 6. The van der Waals surface area contributed by atoms with Crippen LogP contribution in [0.15, 0.2) is 97.1 Å². The van der Waals surface area contributed by atoms with Crippen molar-refractivity contribution < 1.29 is 33.4 Å². The topological polar surface area (TPSA) is 182 Å². The van der Waals surface area contributed by atoms with Crippen molar-refractivity contribution in [2.24, 2.45) is 0 Å². The average molecular weight is 997 g/mol. The van der Waals surface area contributed by atoms with Gasteiger partial charge < -0.3 is 46.3 Å². The van der Waals surface area contributed by atoms with Crippen LogP contribution in [0.5, 0.6) is 0 Å². The lowest BCUT2D eigenvalue weighted by molar-refractivity contribution is -0.145. The summed E-state index contributed by atoms with van der Waals surface area (Å²) in [4.78, 5) is 73.0. The van der Waals surface area contributed by atoms with E-state index in [0.29, 0.717) is 39.1 Å². The highest BCUT2D eigenvalue weighted by atomic mass is 16.5. The minimum absolute atomic E-state index is 0.0111. The lowest BCUT2D eigenvalue weighted by Crippen LogP contribution is -2.59. The molecule has 2 aliphatic carbocycles. The number of carbonyl (C=O) groups excluding carboxylic acids is 5. The van der Waals surface area contributed by atoms with Gasteiger partial charge in [0.05, 0.1) is 48.5 Å². The van der Waals surface area contributed by atoms with Crippen molar-refractivity contribution in [2.45, 2.75) is 140 Å². The van der Waals surface area contributed by atoms with Crippen molar-refractivity contribution >= 4 is 29.5 Å². The SMILES string of the molecule is CN[C@@H](C)C(=O)N[C@H](C(=O)N1CCC[C@H]1C(=O)NC1c2ccccc2-c2ccccc21)[C@@H](C)OCCCCCCO[C@H](C)[C@@H](CN1CCC[C@H]1C(=O)NC1c2ccccc2-c2ccccc21)NC(=O)[C@H](C)NC. The van der Waals surface area contributed by atoms with Crippen LogP contribution in [0.2, 0.25) is 0 Å². The molecule has 0 aromatic heterocycles. The Labute approximate surface area is 431 Å². The number of nitrogens with zero attached hydrogens (tertiary/aromatic N) is 2. The van der Waals surface area contributed by atoms with Crippen molar-refractivity contribution in [1.82, 2.24) is 41.7 Å². The van der Waals surface area contributed by atoms with E-state index in [0.717, 1.165) is 89.6 Å². The molecule has 0 unspecified atom stereocenters. The number of likely N-dealkylation sites (N-methyl/N-ethyl adjacent to an activating group) is 2. The second-order valence-corrected chi connectivity index (χ2v) is 20.3. The molecule has 15 heteroatoms. The standard InChI is InChI=1S/C58H76N8O7/c1-36(59-5)54(67)61-48(35-65-31-19-29-49(65)56(69)63-52-44-25-13-9-21-40(44)41-22-10-14-26-45(41)52)38(3)72-33-17-7-8-18-34-73-39(4)51(62-55(68)37(2)60-6)58(71)66-32-20-30-50(66)57(70)64-53-46-27-15-11-23-42(46)43-24-12-16-28-47(43)53/h9-16,21-28,36-39,48-53,59-60H,7-8,17-20,29-35H2,1-6H3,(H,61,67)(H,62,68)(H,63,69)(H,64,70)/t36-,37-,38+,39+,48+,49-,50-,51-/m0/s1. The maximum atomic E-state index is 14.4. The van der Waals surface area contributed by atoms with E-state index in [1.807, 2.05) is 74.5 Å². The second-order valence-electron chi connectivity index (χ2n) is 20.3. The maximum absolute atomic E-state index is 14.4. The summed E-state index contributed by atoms with van der Waals surface area (Å²) in [7, 11) is 3.45. The number of fused-ring (bicyclic) bond motifs is 6. The molecule has 0 bridgehead atoms. The Bertz CT molecular complexity index is 2480. The summed E-state index contributed by atoms with van der Waals surface area (Å²) >= 11 is 0. The van der Waals surface area contributed by atoms with Gasteiger partial charge in [-0.1, -0.05) is 110 Å². The van der Waals surface area contributed by atoms with Gasteiger partial charge in [0.15, 0.2) is 0 Å². The normalized spacial score (nSPS) is 19.7. The number of benzene rings is 4. The molecule has 8 atom stereocenters. The van der Waals surface area contributed by atoms with Crippen molar-refractivity contribution in [3.63, 3.8) is 0 Å². The van der Waals surface area contributed by atoms with E-state index in [4.69, 9.17) is 9.47 Å². The maximum Gasteiger partial charge on any atom is 0.248 e. The summed E-state index contributed by atoms with van der Waals surface area (Å²) in [6.07, 6.45) is 5.09. The molecule has 4 aliphatic rings. The summed E-state index contributed by atoms with van der Waals surface area (Å²) < 4.78 is 12.7. The van der Waals surface area contributed by atoms with E-state index in [1.54, 1.807) is 32.8 Å². The van der Waals surface area contributed by atoms with Crippen LogP contribution in [0.25, 0.3) is 22.3 Å². The van der Waals surface area contributed by atoms with E-state index in [2.05, 4.69) is 73.2 Å². The molecule has 2 heterocycles. The van der Waals surface area contributed by atoms with Crippen LogP contribution in [0.3, 0.4) is 0 Å². The van der Waals surface area contributed by atoms with E-state index in [1.165, 1.54) is 0 Å². The van der Waals surface area contributed by atoms with Gasteiger partial charge in [-0.05, 0) is 131 Å². The van der Waals surface area contributed by atoms with Gasteiger partial charge in [0.1, 0.15) is 12.1 Å². The van der Waals surface area contributed by atoms with Crippen molar-refractivity contribution in [3.05, 3.63) is 119 Å². The van der Waals surface area contributed by atoms with Crippen LogP contribution in [0.1, 0.15) is 113 Å². The van der Waals surface area contributed by atoms with Crippen LogP contribution >= 0.6 is 0 Å². The number of carbonyl (C=O) groups is 5. The van der Waals surface area contributed by atoms with Crippen LogP contribution in [-0.2, 0) is 33.4 Å². The molecular formula is C58H76N8O7. The highest BCUT2D eigenvalue weighted by molar-refractivity contribution is 5.94. The zero-order valence-electron chi connectivity index (χ0n) is 43.5. The number of rotatable bonds is 24. The minimum Gasteiger partial charge on any atom is -0.376 e. The Morgan fingerprint density at radius 2 is 0.973 bits per heavy atom. The molecule has 8 rings (SSSR count). The third-order valence-corrected chi connectivity index (χ3v) is 15.6. The first-order valence-corrected chi connectivity index (χ1v) is 26.6. The van der Waals surface area contributed by atoms with Crippen LogP contribution in [0, 0.1) is 0 Å². The Hall–Kier alpha value is -5.97. The summed E-state index contributed by atoms with van der Waals surface area (Å²) in [5, 5.41) is 18.8. The van der Waals surface area contributed by atoms with Crippen LogP contribution in [0.4, 0.5) is 0 Å². The third kappa shape index (κ3) is 12.2. The molecule has 0 saturated carbocycles. The number of ether oxygens (including phenoxy) is 2. The first-order valence-electron chi connectivity index (χ1n) is 26.6. The Kier molecular flexibility index (Phi) is 18.1. The fourth-order valence-electron chi connectivity index (χ4n) is 11.0. The van der Waals surface area contributed by atoms with Gasteiger partial charge in [0, 0.05) is 26.3 Å². The Morgan fingerprint density at radius 1 is 0.548 bits per heavy atom. The molecule has 2 fully saturated rings. The molecule has 73 heavy (non-hydrogen) atoms. The van der Waals surface area contributed by atoms with Gasteiger partial charge in [0.25, 0.3) is 0 Å². The predicted molar refractivity (Wildman–Crippen MR) is 283 cm³/mol. The zero-order valence-corrected chi connectivity index (χ0v) is 43.5. The third-order valence-electron chi connectivity index (χ3n) is 15.6. The predicted octanol–water partition coefficient (Wildman–Crippen LogP) is 5.77. The average Bonchev–Trinajstić information content (AvgIpc) is 4.23. The van der Waals surface area contributed by atoms with E-state index >= 15 is 0 Å². The number of hydrogen-bond donors (Lipinski definition) is 6. The van der Waals surface area contributed by atoms with Crippen molar-refractivity contribution in [1.29, 1.82) is 0 Å². The minimum atomic E-state index is -0.989. The number of hydrogen-bond acceptors (Lipinski definition) is 10. The lowest BCUT2D eigenvalue weighted by Gasteiger charge is -2.33. The van der Waals surface area contributed by atoms with Crippen LogP contribution < -0.4 is 31.9 Å². The number of unbranched alkanes of at least 4 members (excludes halogenated alkanes) is 3. The molecule has 4 aromatic carbocycles. The van der Waals surface area contributed by atoms with Crippen molar-refractivity contribution in [3.8, 4) is 22.3 Å². The molecule has 5 amide bonds. The first-order chi connectivity index (χ1) is 35.4. The van der Waals surface area contributed by atoms with Gasteiger partial charge in [0.2, 0.25) is 29.5 Å². The van der Waals surface area contributed by atoms with Gasteiger partial charge >= 0.3 is 0 Å². The molecule has 2 saturated heterocycles. The summed E-state index contributed by atoms with van der Waals surface area (Å²) in [5.74, 6) is -1.02. The van der Waals surface area contributed by atoms with Gasteiger partial charge in [-0.3, -0.25) is 28.9 Å². The first kappa shape index (κ1) is 53.3. The van der Waals surface area contributed by atoms with E-state index in [9.17, 15) is 24.0 Å². The molecular weight excluding hydrogens is 921 g/mol. The molecule has 15 nitrogen and oxygen atoms in total. The Morgan fingerprint density at radius 3 is 1.47 bits per heavy atom. The fraction of sp³-hybridized carbons (Fsp3) is 0.500. The molecule has 6 N–H and O–H groups in total. The molecule has 0 spiro atoms. The quantitative estimate of drug-likeness (QED) is 0.0472. The highest BCUT2D eigenvalue weighted by Crippen LogP contribution is 2.44. The molecule has 2 aliphatic heterocycles. The highest BCUT2D eigenvalue weighted by Gasteiger charge is 2.42. The number of amides is 5. The summed E-state index contributed by atoms with van der Waals surface area (Å²) in [6.45, 7) is 9.84. The smallest absolute Gasteiger partial charge is 0.248 e. The molecule has 390 valence electrons. The fourth-order valence-corrected chi connectivity index (χ4v) is 11.0. The van der Waals surface area contributed by atoms with E-state index < -0.39 is 30.3 Å². The largest absolute Gasteiger partial charge is 0.376 e. The second kappa shape index (κ2) is 24.8. The van der Waals surface area contributed by atoms with Crippen molar-refractivity contribution in [2.75, 3.05) is 46.9 Å². The van der Waals surface area contributed by atoms with Crippen LogP contribution in [-0.4, -0.2) is 135 Å². The molecule has 4 aromatic rings. The summed E-state index contributed by atoms with van der Waals surface area (Å²) in [5.41, 5.74) is 8.74. The molecule has 0 radical (unpaired) electrons. The summed E-state index contributed by atoms with van der Waals surface area (Å²) in [6, 6.07) is 28.8. The number of likely N-dealkylation sites (tertiary alicyclic amines) is 2.